The fourth-order valence-electron chi connectivity index (χ4n) is 2.31. The number of nitrogens with zero attached hydrogens (tertiary/aromatic N) is 1. The van der Waals surface area contributed by atoms with E-state index in [9.17, 15) is 14.0 Å². The predicted octanol–water partition coefficient (Wildman–Crippen LogP) is 1.09. The van der Waals surface area contributed by atoms with E-state index in [-0.39, 0.29) is 18.4 Å². The molecule has 2 rings (SSSR count). The van der Waals surface area contributed by atoms with Gasteiger partial charge in [-0.05, 0) is 44.5 Å². The van der Waals surface area contributed by atoms with Crippen molar-refractivity contribution >= 4 is 17.5 Å². The number of hydrogen-bond donors (Lipinski definition) is 2. The summed E-state index contributed by atoms with van der Waals surface area (Å²) in [5.41, 5.74) is 6.14. The largest absolute Gasteiger partial charge is 0.348 e. The molecule has 0 bridgehead atoms. The maximum Gasteiger partial charge on any atom is 0.251 e. The van der Waals surface area contributed by atoms with Gasteiger partial charge in [-0.25, -0.2) is 4.39 Å². The zero-order chi connectivity index (χ0) is 15.1. The lowest BCUT2D eigenvalue weighted by Gasteiger charge is -2.43. The highest BCUT2D eigenvalue weighted by atomic mass is 19.1. The number of piperazine rings is 1. The third kappa shape index (κ3) is 2.38. The Bertz CT molecular complexity index is 570. The van der Waals surface area contributed by atoms with Gasteiger partial charge in [-0.3, -0.25) is 14.9 Å². The molecule has 1 heterocycles. The molecule has 1 aromatic carbocycles. The molecule has 1 unspecified atom stereocenters. The molecular formula is C14H18FN3O2. The predicted molar refractivity (Wildman–Crippen MR) is 73.6 cm³/mol. The lowest BCUT2D eigenvalue weighted by molar-refractivity contribution is -0.135. The minimum absolute atomic E-state index is 0.0318. The lowest BCUT2D eigenvalue weighted by Crippen LogP contribution is -2.64. The van der Waals surface area contributed by atoms with Crippen LogP contribution in [-0.2, 0) is 9.59 Å². The van der Waals surface area contributed by atoms with E-state index in [1.165, 1.54) is 12.1 Å². The van der Waals surface area contributed by atoms with E-state index in [0.717, 1.165) is 0 Å². The molecule has 20 heavy (non-hydrogen) atoms. The second-order valence-electron chi connectivity index (χ2n) is 5.51. The number of imide groups is 1. The molecule has 1 aliphatic rings. The lowest BCUT2D eigenvalue weighted by atomic mass is 9.95. The van der Waals surface area contributed by atoms with Crippen LogP contribution in [0.25, 0.3) is 0 Å². The summed E-state index contributed by atoms with van der Waals surface area (Å²) in [5.74, 6) is -1.16. The first-order valence-corrected chi connectivity index (χ1v) is 6.40. The highest BCUT2D eigenvalue weighted by Gasteiger charge is 2.41. The Kier molecular flexibility index (Phi) is 3.52. The second-order valence-corrected chi connectivity index (χ2v) is 5.51. The minimum atomic E-state index is -0.907. The van der Waals surface area contributed by atoms with Gasteiger partial charge < -0.3 is 10.6 Å². The van der Waals surface area contributed by atoms with Crippen LogP contribution in [0.5, 0.6) is 0 Å². The number of benzene rings is 1. The van der Waals surface area contributed by atoms with Gasteiger partial charge in [-0.1, -0.05) is 0 Å². The van der Waals surface area contributed by atoms with Gasteiger partial charge in [0, 0.05) is 11.7 Å². The van der Waals surface area contributed by atoms with Gasteiger partial charge in [0.15, 0.2) is 0 Å². The first-order chi connectivity index (χ1) is 9.23. The van der Waals surface area contributed by atoms with Gasteiger partial charge in [-0.15, -0.1) is 0 Å². The summed E-state index contributed by atoms with van der Waals surface area (Å²) in [6.07, 6.45) is 0. The topological polar surface area (TPSA) is 75.4 Å². The molecule has 1 saturated heterocycles. The van der Waals surface area contributed by atoms with Crippen molar-refractivity contribution in [2.75, 3.05) is 11.4 Å². The van der Waals surface area contributed by atoms with Crippen molar-refractivity contribution in [2.24, 2.45) is 5.73 Å². The molecule has 5 nitrogen and oxygen atoms in total. The van der Waals surface area contributed by atoms with E-state index < -0.39 is 17.4 Å². The normalized spacial score (nSPS) is 19.8. The Morgan fingerprint density at radius 2 is 2.05 bits per heavy atom. The van der Waals surface area contributed by atoms with Crippen LogP contribution in [0.3, 0.4) is 0 Å². The molecule has 1 aliphatic heterocycles. The number of nitrogens with two attached hydrogens (primary N) is 1. The van der Waals surface area contributed by atoms with Crippen molar-refractivity contribution in [1.29, 1.82) is 0 Å². The van der Waals surface area contributed by atoms with Crippen molar-refractivity contribution < 1.29 is 14.0 Å². The Labute approximate surface area is 116 Å². The standard InChI is InChI=1S/C14H18FN3O2/c1-8(16)10-6-9(15)4-5-11(10)18-7-12(19)17-13(20)14(18,2)3/h4-6,8H,7,16H2,1-3H3,(H,17,19,20). The highest BCUT2D eigenvalue weighted by Crippen LogP contribution is 2.32. The number of amides is 2. The van der Waals surface area contributed by atoms with Crippen LogP contribution in [0.2, 0.25) is 0 Å². The zero-order valence-electron chi connectivity index (χ0n) is 11.7. The zero-order valence-corrected chi connectivity index (χ0v) is 11.7. The van der Waals surface area contributed by atoms with Crippen molar-refractivity contribution in [2.45, 2.75) is 32.4 Å². The Hall–Kier alpha value is -1.95. The number of rotatable bonds is 2. The van der Waals surface area contributed by atoms with E-state index in [4.69, 9.17) is 5.73 Å². The minimum Gasteiger partial charge on any atom is -0.348 e. The summed E-state index contributed by atoms with van der Waals surface area (Å²) in [5, 5.41) is 2.30. The molecule has 2 amide bonds. The van der Waals surface area contributed by atoms with E-state index in [2.05, 4.69) is 5.32 Å². The summed E-state index contributed by atoms with van der Waals surface area (Å²) < 4.78 is 13.4. The number of hydrogen-bond acceptors (Lipinski definition) is 4. The number of nitrogens with one attached hydrogen (secondary N) is 1. The van der Waals surface area contributed by atoms with E-state index in [0.29, 0.717) is 11.3 Å². The Morgan fingerprint density at radius 1 is 1.40 bits per heavy atom. The van der Waals surface area contributed by atoms with Crippen molar-refractivity contribution in [3.05, 3.63) is 29.6 Å². The van der Waals surface area contributed by atoms with Crippen molar-refractivity contribution in [3.63, 3.8) is 0 Å². The molecule has 1 aromatic rings. The average Bonchev–Trinajstić information content (AvgIpc) is 2.34. The second kappa shape index (κ2) is 4.86. The van der Waals surface area contributed by atoms with Crippen molar-refractivity contribution in [1.82, 2.24) is 5.32 Å². The fourth-order valence-corrected chi connectivity index (χ4v) is 2.31. The fraction of sp³-hybridized carbons (Fsp3) is 0.429. The molecule has 1 atom stereocenters. The molecule has 108 valence electrons. The van der Waals surface area contributed by atoms with Crippen molar-refractivity contribution in [3.8, 4) is 0 Å². The van der Waals surface area contributed by atoms with Gasteiger partial charge in [0.1, 0.15) is 11.4 Å². The van der Waals surface area contributed by atoms with E-state index >= 15 is 0 Å². The van der Waals surface area contributed by atoms with Crippen LogP contribution in [-0.4, -0.2) is 23.9 Å². The molecule has 0 radical (unpaired) electrons. The Morgan fingerprint density at radius 3 is 2.65 bits per heavy atom. The monoisotopic (exact) mass is 279 g/mol. The van der Waals surface area contributed by atoms with Crippen LogP contribution in [0.4, 0.5) is 10.1 Å². The first kappa shape index (κ1) is 14.5. The molecule has 3 N–H and O–H groups in total. The molecule has 6 heteroatoms. The summed E-state index contributed by atoms with van der Waals surface area (Å²) in [4.78, 5) is 25.3. The Balaban J connectivity index is 2.54. The van der Waals surface area contributed by atoms with Crippen LogP contribution >= 0.6 is 0 Å². The maximum absolute atomic E-state index is 13.4. The van der Waals surface area contributed by atoms with Gasteiger partial charge in [-0.2, -0.15) is 0 Å². The number of anilines is 1. The van der Waals surface area contributed by atoms with E-state index in [1.54, 1.807) is 31.7 Å². The SMILES string of the molecule is CC(N)c1cc(F)ccc1N1CC(=O)NC(=O)C1(C)C. The van der Waals surface area contributed by atoms with Gasteiger partial charge in [0.05, 0.1) is 6.54 Å². The summed E-state index contributed by atoms with van der Waals surface area (Å²) in [7, 11) is 0. The third-order valence-electron chi connectivity index (χ3n) is 3.56. The third-order valence-corrected chi connectivity index (χ3v) is 3.56. The summed E-state index contributed by atoms with van der Waals surface area (Å²) in [6.45, 7) is 5.19. The number of halogens is 1. The van der Waals surface area contributed by atoms with Gasteiger partial charge >= 0.3 is 0 Å². The quantitative estimate of drug-likeness (QED) is 0.795. The van der Waals surface area contributed by atoms with E-state index in [1.807, 2.05) is 0 Å². The molecule has 1 fully saturated rings. The van der Waals surface area contributed by atoms with Gasteiger partial charge in [0.25, 0.3) is 5.91 Å². The molecule has 0 spiro atoms. The number of carbonyl (C=O) groups is 2. The molecular weight excluding hydrogens is 261 g/mol. The first-order valence-electron chi connectivity index (χ1n) is 6.40. The smallest absolute Gasteiger partial charge is 0.251 e. The van der Waals surface area contributed by atoms with Crippen LogP contribution in [0.1, 0.15) is 32.4 Å². The number of carbonyl (C=O) groups excluding carboxylic acids is 2. The average molecular weight is 279 g/mol. The summed E-state index contributed by atoms with van der Waals surface area (Å²) in [6, 6.07) is 3.79. The molecule has 0 saturated carbocycles. The van der Waals surface area contributed by atoms with Crippen LogP contribution < -0.4 is 16.0 Å². The maximum atomic E-state index is 13.4. The molecule has 0 aliphatic carbocycles. The van der Waals surface area contributed by atoms with Crippen LogP contribution in [0, 0.1) is 5.82 Å². The molecule has 0 aromatic heterocycles. The van der Waals surface area contributed by atoms with Crippen LogP contribution in [0.15, 0.2) is 18.2 Å². The van der Waals surface area contributed by atoms with Gasteiger partial charge in [0.2, 0.25) is 5.91 Å². The summed E-state index contributed by atoms with van der Waals surface area (Å²) >= 11 is 0. The highest BCUT2D eigenvalue weighted by molar-refractivity contribution is 6.06.